The molecule has 1 aromatic carbocycles. The average molecular weight is 357 g/mol. The van der Waals surface area contributed by atoms with Gasteiger partial charge in [0, 0.05) is 26.1 Å². The van der Waals surface area contributed by atoms with E-state index in [0.29, 0.717) is 19.5 Å². The summed E-state index contributed by atoms with van der Waals surface area (Å²) in [5.74, 6) is 0.0392. The Morgan fingerprint density at radius 3 is 2.31 bits per heavy atom. The predicted octanol–water partition coefficient (Wildman–Crippen LogP) is 2.69. The maximum atomic E-state index is 12.2. The van der Waals surface area contributed by atoms with Crippen LogP contribution < -0.4 is 5.32 Å². The second kappa shape index (κ2) is 9.72. The lowest BCUT2D eigenvalue weighted by Crippen LogP contribution is -2.40. The van der Waals surface area contributed by atoms with Crippen molar-refractivity contribution in [3.05, 3.63) is 35.4 Å². The van der Waals surface area contributed by atoms with Gasteiger partial charge in [0.2, 0.25) is 11.8 Å². The van der Waals surface area contributed by atoms with Crippen molar-refractivity contribution in [3.8, 4) is 0 Å². The fourth-order valence-electron chi connectivity index (χ4n) is 3.77. The zero-order valence-corrected chi connectivity index (χ0v) is 15.7. The van der Waals surface area contributed by atoms with Crippen molar-refractivity contribution >= 4 is 11.8 Å². The molecule has 3 rings (SSSR count). The Balaban J connectivity index is 1.42. The minimum atomic E-state index is -0.0716. The standard InChI is InChI=1S/C21H31N3O2/c25-20(17-24-14-6-1-3-7-21(24)26)22-15-18-8-10-19(11-9-18)16-23-12-4-2-5-13-23/h8-11H,1-7,12-17H2,(H,22,25). The van der Waals surface area contributed by atoms with Crippen LogP contribution in [0.15, 0.2) is 24.3 Å². The Morgan fingerprint density at radius 1 is 0.885 bits per heavy atom. The molecule has 142 valence electrons. The number of nitrogens with zero attached hydrogens (tertiary/aromatic N) is 2. The molecule has 2 heterocycles. The smallest absolute Gasteiger partial charge is 0.239 e. The predicted molar refractivity (Wildman–Crippen MR) is 102 cm³/mol. The van der Waals surface area contributed by atoms with E-state index in [1.807, 2.05) is 0 Å². The number of likely N-dealkylation sites (tertiary alicyclic amines) is 2. The Kier molecular flexibility index (Phi) is 7.06. The van der Waals surface area contributed by atoms with Gasteiger partial charge in [-0.25, -0.2) is 0 Å². The highest BCUT2D eigenvalue weighted by atomic mass is 16.2. The molecule has 0 aromatic heterocycles. The number of amides is 2. The lowest BCUT2D eigenvalue weighted by Gasteiger charge is -2.26. The normalized spacial score (nSPS) is 19.2. The van der Waals surface area contributed by atoms with Gasteiger partial charge in [0.05, 0.1) is 6.54 Å². The zero-order valence-electron chi connectivity index (χ0n) is 15.7. The first kappa shape index (κ1) is 18.9. The molecule has 2 aliphatic rings. The molecule has 26 heavy (non-hydrogen) atoms. The van der Waals surface area contributed by atoms with Crippen molar-refractivity contribution in [1.82, 2.24) is 15.1 Å². The molecular formula is C21H31N3O2. The molecule has 0 spiro atoms. The molecule has 0 radical (unpaired) electrons. The zero-order chi connectivity index (χ0) is 18.2. The molecule has 5 heteroatoms. The van der Waals surface area contributed by atoms with E-state index >= 15 is 0 Å². The Labute approximate surface area is 156 Å². The van der Waals surface area contributed by atoms with E-state index in [4.69, 9.17) is 0 Å². The van der Waals surface area contributed by atoms with Crippen molar-refractivity contribution in [1.29, 1.82) is 0 Å². The average Bonchev–Trinajstić information content (AvgIpc) is 2.86. The molecule has 0 atom stereocenters. The summed E-state index contributed by atoms with van der Waals surface area (Å²) in [5, 5.41) is 2.94. The Bertz CT molecular complexity index is 594. The number of nitrogens with one attached hydrogen (secondary N) is 1. The van der Waals surface area contributed by atoms with Crippen LogP contribution in [0.2, 0.25) is 0 Å². The van der Waals surface area contributed by atoms with E-state index in [1.54, 1.807) is 4.90 Å². The Hall–Kier alpha value is -1.88. The summed E-state index contributed by atoms with van der Waals surface area (Å²) in [6.07, 6.45) is 7.57. The second-order valence-electron chi connectivity index (χ2n) is 7.56. The summed E-state index contributed by atoms with van der Waals surface area (Å²) in [4.78, 5) is 28.3. The maximum Gasteiger partial charge on any atom is 0.239 e. The lowest BCUT2D eigenvalue weighted by molar-refractivity contribution is -0.135. The maximum absolute atomic E-state index is 12.2. The molecule has 0 aliphatic carbocycles. The molecule has 2 aliphatic heterocycles. The number of piperidine rings is 1. The van der Waals surface area contributed by atoms with Crippen LogP contribution in [0.25, 0.3) is 0 Å². The van der Waals surface area contributed by atoms with Crippen LogP contribution in [0.4, 0.5) is 0 Å². The number of carbonyl (C=O) groups is 2. The van der Waals surface area contributed by atoms with Gasteiger partial charge in [-0.1, -0.05) is 37.1 Å². The van der Waals surface area contributed by atoms with Crippen LogP contribution in [0, 0.1) is 0 Å². The second-order valence-corrected chi connectivity index (χ2v) is 7.56. The highest BCUT2D eigenvalue weighted by Gasteiger charge is 2.19. The van der Waals surface area contributed by atoms with Gasteiger partial charge < -0.3 is 10.2 Å². The monoisotopic (exact) mass is 357 g/mol. The van der Waals surface area contributed by atoms with Crippen molar-refractivity contribution < 1.29 is 9.59 Å². The van der Waals surface area contributed by atoms with E-state index in [1.165, 1.54) is 37.9 Å². The topological polar surface area (TPSA) is 52.7 Å². The highest BCUT2D eigenvalue weighted by molar-refractivity contribution is 5.84. The van der Waals surface area contributed by atoms with Gasteiger partial charge in [-0.3, -0.25) is 14.5 Å². The van der Waals surface area contributed by atoms with Crippen molar-refractivity contribution in [3.63, 3.8) is 0 Å². The van der Waals surface area contributed by atoms with Crippen LogP contribution in [0.3, 0.4) is 0 Å². The van der Waals surface area contributed by atoms with Gasteiger partial charge in [0.25, 0.3) is 0 Å². The molecule has 2 fully saturated rings. The van der Waals surface area contributed by atoms with Crippen LogP contribution in [0.5, 0.6) is 0 Å². The minimum Gasteiger partial charge on any atom is -0.350 e. The van der Waals surface area contributed by atoms with Crippen LogP contribution in [-0.4, -0.2) is 47.8 Å². The van der Waals surface area contributed by atoms with E-state index in [0.717, 1.165) is 31.4 Å². The van der Waals surface area contributed by atoms with Gasteiger partial charge in [0.1, 0.15) is 0 Å². The first-order chi connectivity index (χ1) is 12.7. The first-order valence-electron chi connectivity index (χ1n) is 10.1. The third kappa shape index (κ3) is 5.84. The summed E-state index contributed by atoms with van der Waals surface area (Å²) in [6.45, 7) is 4.83. The fourth-order valence-corrected chi connectivity index (χ4v) is 3.77. The Morgan fingerprint density at radius 2 is 1.54 bits per heavy atom. The number of benzene rings is 1. The van der Waals surface area contributed by atoms with Crippen molar-refractivity contribution in [2.75, 3.05) is 26.2 Å². The molecule has 0 bridgehead atoms. The summed E-state index contributed by atoms with van der Waals surface area (Å²) in [5.41, 5.74) is 2.43. The van der Waals surface area contributed by atoms with E-state index in [-0.39, 0.29) is 18.4 Å². The molecule has 1 N–H and O–H groups in total. The lowest BCUT2D eigenvalue weighted by atomic mass is 10.1. The molecule has 0 unspecified atom stereocenters. The van der Waals surface area contributed by atoms with Crippen LogP contribution in [-0.2, 0) is 22.7 Å². The van der Waals surface area contributed by atoms with Crippen LogP contribution >= 0.6 is 0 Å². The number of carbonyl (C=O) groups excluding carboxylic acids is 2. The minimum absolute atomic E-state index is 0.0716. The number of hydrogen-bond acceptors (Lipinski definition) is 3. The highest BCUT2D eigenvalue weighted by Crippen LogP contribution is 2.14. The quantitative estimate of drug-likeness (QED) is 0.852. The van der Waals surface area contributed by atoms with Gasteiger partial charge in [-0.15, -0.1) is 0 Å². The number of hydrogen-bond donors (Lipinski definition) is 1. The summed E-state index contributed by atoms with van der Waals surface area (Å²) in [6, 6.07) is 8.51. The molecule has 5 nitrogen and oxygen atoms in total. The molecule has 2 saturated heterocycles. The summed E-state index contributed by atoms with van der Waals surface area (Å²) < 4.78 is 0. The van der Waals surface area contributed by atoms with Gasteiger partial charge in [0.15, 0.2) is 0 Å². The van der Waals surface area contributed by atoms with E-state index in [2.05, 4.69) is 34.5 Å². The van der Waals surface area contributed by atoms with E-state index < -0.39 is 0 Å². The number of rotatable bonds is 6. The molecule has 1 aromatic rings. The van der Waals surface area contributed by atoms with Gasteiger partial charge >= 0.3 is 0 Å². The third-order valence-electron chi connectivity index (χ3n) is 5.37. The van der Waals surface area contributed by atoms with Gasteiger partial charge in [-0.2, -0.15) is 0 Å². The SMILES string of the molecule is O=C(CN1CCCCCC1=O)NCc1ccc(CN2CCCCC2)cc1. The largest absolute Gasteiger partial charge is 0.350 e. The molecular weight excluding hydrogens is 326 g/mol. The van der Waals surface area contributed by atoms with Crippen molar-refractivity contribution in [2.24, 2.45) is 0 Å². The summed E-state index contributed by atoms with van der Waals surface area (Å²) >= 11 is 0. The fraction of sp³-hybridized carbons (Fsp3) is 0.619. The first-order valence-corrected chi connectivity index (χ1v) is 10.1. The molecule has 0 saturated carbocycles. The van der Waals surface area contributed by atoms with Crippen LogP contribution in [0.1, 0.15) is 56.1 Å². The summed E-state index contributed by atoms with van der Waals surface area (Å²) in [7, 11) is 0. The van der Waals surface area contributed by atoms with Gasteiger partial charge in [-0.05, 0) is 49.9 Å². The third-order valence-corrected chi connectivity index (χ3v) is 5.37. The van der Waals surface area contributed by atoms with Crippen molar-refractivity contribution in [2.45, 2.75) is 58.0 Å². The molecule has 2 amide bonds. The van der Waals surface area contributed by atoms with E-state index in [9.17, 15) is 9.59 Å².